The van der Waals surface area contributed by atoms with Crippen LogP contribution in [0.1, 0.15) is 26.6 Å². The van der Waals surface area contributed by atoms with E-state index in [2.05, 4.69) is 15.3 Å². The van der Waals surface area contributed by atoms with Crippen LogP contribution in [-0.4, -0.2) is 27.5 Å². The molecular formula is C18H15F3N4O2S3. The van der Waals surface area contributed by atoms with E-state index < -0.39 is 23.6 Å². The zero-order valence-electron chi connectivity index (χ0n) is 15.7. The molecule has 2 aromatic heterocycles. The zero-order valence-corrected chi connectivity index (χ0v) is 18.1. The molecule has 6 nitrogen and oxygen atoms in total. The molecule has 0 saturated heterocycles. The summed E-state index contributed by atoms with van der Waals surface area (Å²) in [7, 11) is 0. The molecule has 0 aliphatic heterocycles. The Morgan fingerprint density at radius 2 is 1.77 bits per heavy atom. The summed E-state index contributed by atoms with van der Waals surface area (Å²) in [6.45, 7) is 3.41. The highest BCUT2D eigenvalue weighted by molar-refractivity contribution is 8.01. The monoisotopic (exact) mass is 472 g/mol. The molecule has 12 heteroatoms. The molecule has 0 aliphatic rings. The number of aryl methyl sites for hydroxylation is 2. The van der Waals surface area contributed by atoms with E-state index in [0.29, 0.717) is 32.0 Å². The van der Waals surface area contributed by atoms with Gasteiger partial charge in [-0.3, -0.25) is 14.9 Å². The van der Waals surface area contributed by atoms with Gasteiger partial charge in [-0.2, -0.15) is 13.2 Å². The molecule has 0 spiro atoms. The first kappa shape index (κ1) is 22.2. The molecule has 3 rings (SSSR count). The van der Waals surface area contributed by atoms with Crippen LogP contribution in [0.25, 0.3) is 10.6 Å². The fourth-order valence-electron chi connectivity index (χ4n) is 2.39. The highest BCUT2D eigenvalue weighted by Crippen LogP contribution is 2.35. The second kappa shape index (κ2) is 8.74. The summed E-state index contributed by atoms with van der Waals surface area (Å²) in [5.74, 6) is -0.751. The highest BCUT2D eigenvalue weighted by Gasteiger charge is 2.30. The van der Waals surface area contributed by atoms with Gasteiger partial charge in [0.1, 0.15) is 9.88 Å². The quantitative estimate of drug-likeness (QED) is 0.506. The first-order valence-electron chi connectivity index (χ1n) is 8.39. The van der Waals surface area contributed by atoms with E-state index in [-0.39, 0.29) is 5.75 Å². The predicted molar refractivity (Wildman–Crippen MR) is 112 cm³/mol. The van der Waals surface area contributed by atoms with Gasteiger partial charge in [-0.25, -0.2) is 9.97 Å². The second-order valence-electron chi connectivity index (χ2n) is 6.11. The summed E-state index contributed by atoms with van der Waals surface area (Å²) in [5.41, 5.74) is 6.02. The third-order valence-electron chi connectivity index (χ3n) is 3.78. The number of halogens is 3. The molecule has 0 atom stereocenters. The molecule has 158 valence electrons. The number of benzene rings is 1. The van der Waals surface area contributed by atoms with Crippen LogP contribution in [0.4, 0.5) is 18.3 Å². The van der Waals surface area contributed by atoms with Crippen LogP contribution in [0.3, 0.4) is 0 Å². The Hall–Kier alpha value is -2.44. The average molecular weight is 473 g/mol. The maximum Gasteiger partial charge on any atom is 0.416 e. The minimum Gasteiger partial charge on any atom is -0.369 e. The van der Waals surface area contributed by atoms with E-state index in [0.717, 1.165) is 27.7 Å². The summed E-state index contributed by atoms with van der Waals surface area (Å²) < 4.78 is 39.0. The number of thiazole rings is 2. The SMILES string of the molecule is Cc1nc(NC(=O)c2sc(-c3ccc(C(F)(F)F)cc3)nc2C)sc1SCC(N)=O. The third-order valence-corrected chi connectivity index (χ3v) is 7.44. The second-order valence-corrected chi connectivity index (χ2v) is 9.35. The van der Waals surface area contributed by atoms with Crippen molar-refractivity contribution in [2.75, 3.05) is 11.1 Å². The van der Waals surface area contributed by atoms with E-state index in [1.165, 1.54) is 35.2 Å². The molecule has 0 bridgehead atoms. The number of nitrogens with zero attached hydrogens (tertiary/aromatic N) is 2. The Bertz CT molecular complexity index is 1090. The predicted octanol–water partition coefficient (Wildman–Crippen LogP) is 4.73. The molecule has 3 N–H and O–H groups in total. The van der Waals surface area contributed by atoms with Gasteiger partial charge >= 0.3 is 6.18 Å². The van der Waals surface area contributed by atoms with E-state index in [4.69, 9.17) is 5.73 Å². The third kappa shape index (κ3) is 5.18. The standard InChI is InChI=1S/C18H15F3N4O2S3/c1-8-13(14(27)25-17-24-9(2)16(30-17)28-7-12(22)26)29-15(23-8)10-3-5-11(6-4-10)18(19,20)21/h3-6H,7H2,1-2H3,(H2,22,26)(H,24,25,27). The first-order chi connectivity index (χ1) is 14.0. The number of thioether (sulfide) groups is 1. The average Bonchev–Trinajstić information content (AvgIpc) is 3.21. The van der Waals surface area contributed by atoms with Gasteiger partial charge < -0.3 is 5.73 Å². The van der Waals surface area contributed by atoms with Gasteiger partial charge in [-0.15, -0.1) is 23.1 Å². The maximum absolute atomic E-state index is 12.7. The summed E-state index contributed by atoms with van der Waals surface area (Å²) in [6.07, 6.45) is -4.41. The summed E-state index contributed by atoms with van der Waals surface area (Å²) in [6, 6.07) is 4.62. The largest absolute Gasteiger partial charge is 0.416 e. The van der Waals surface area contributed by atoms with Gasteiger partial charge in [0.15, 0.2) is 5.13 Å². The molecule has 0 saturated carbocycles. The molecular weight excluding hydrogens is 457 g/mol. The Kier molecular flexibility index (Phi) is 6.48. The molecule has 0 radical (unpaired) electrons. The number of anilines is 1. The Balaban J connectivity index is 1.76. The summed E-state index contributed by atoms with van der Waals surface area (Å²) in [4.78, 5) is 32.5. The molecule has 2 amide bonds. The number of nitrogens with one attached hydrogen (secondary N) is 1. The molecule has 2 heterocycles. The number of rotatable bonds is 6. The van der Waals surface area contributed by atoms with Crippen molar-refractivity contribution in [3.05, 3.63) is 46.1 Å². The fourth-order valence-corrected chi connectivity index (χ4v) is 5.23. The van der Waals surface area contributed by atoms with Crippen LogP contribution in [0.15, 0.2) is 28.5 Å². The fraction of sp³-hybridized carbons (Fsp3) is 0.222. The lowest BCUT2D eigenvalue weighted by atomic mass is 10.1. The van der Waals surface area contributed by atoms with E-state index in [1.54, 1.807) is 13.8 Å². The number of hydrogen-bond donors (Lipinski definition) is 2. The number of carbonyl (C=O) groups excluding carboxylic acids is 2. The summed E-state index contributed by atoms with van der Waals surface area (Å²) >= 11 is 3.56. The molecule has 0 aliphatic carbocycles. The van der Waals surface area contributed by atoms with Crippen molar-refractivity contribution in [2.24, 2.45) is 5.73 Å². The Labute approximate surface area is 181 Å². The molecule has 0 unspecified atom stereocenters. The van der Waals surface area contributed by atoms with Crippen LogP contribution in [0, 0.1) is 13.8 Å². The van der Waals surface area contributed by atoms with Crippen LogP contribution in [0.2, 0.25) is 0 Å². The van der Waals surface area contributed by atoms with E-state index in [1.807, 2.05) is 0 Å². The maximum atomic E-state index is 12.7. The minimum absolute atomic E-state index is 0.112. The van der Waals surface area contributed by atoms with Gasteiger partial charge in [0, 0.05) is 5.56 Å². The number of primary amides is 1. The van der Waals surface area contributed by atoms with Crippen LogP contribution in [-0.2, 0) is 11.0 Å². The summed E-state index contributed by atoms with van der Waals surface area (Å²) in [5, 5.41) is 3.52. The zero-order chi connectivity index (χ0) is 22.1. The van der Waals surface area contributed by atoms with Crippen molar-refractivity contribution in [3.8, 4) is 10.6 Å². The van der Waals surface area contributed by atoms with Gasteiger partial charge in [-0.05, 0) is 26.0 Å². The molecule has 0 fully saturated rings. The topological polar surface area (TPSA) is 98.0 Å². The van der Waals surface area contributed by atoms with Gasteiger partial charge in [-0.1, -0.05) is 23.5 Å². The van der Waals surface area contributed by atoms with E-state index in [9.17, 15) is 22.8 Å². The van der Waals surface area contributed by atoms with Gasteiger partial charge in [0.25, 0.3) is 5.91 Å². The highest BCUT2D eigenvalue weighted by atomic mass is 32.2. The van der Waals surface area contributed by atoms with Crippen molar-refractivity contribution in [2.45, 2.75) is 24.2 Å². The van der Waals surface area contributed by atoms with Gasteiger partial charge in [0.2, 0.25) is 5.91 Å². The van der Waals surface area contributed by atoms with Crippen LogP contribution in [0.5, 0.6) is 0 Å². The minimum atomic E-state index is -4.41. The lowest BCUT2D eigenvalue weighted by molar-refractivity contribution is -0.137. The van der Waals surface area contributed by atoms with Crippen molar-refractivity contribution in [1.82, 2.24) is 9.97 Å². The normalized spacial score (nSPS) is 11.5. The van der Waals surface area contributed by atoms with E-state index >= 15 is 0 Å². The molecule has 30 heavy (non-hydrogen) atoms. The van der Waals surface area contributed by atoms with Crippen LogP contribution < -0.4 is 11.1 Å². The lowest BCUT2D eigenvalue weighted by Crippen LogP contribution is -2.12. The number of carbonyl (C=O) groups is 2. The Morgan fingerprint density at radius 1 is 1.10 bits per heavy atom. The van der Waals surface area contributed by atoms with Gasteiger partial charge in [0.05, 0.1) is 26.9 Å². The smallest absolute Gasteiger partial charge is 0.369 e. The Morgan fingerprint density at radius 3 is 2.37 bits per heavy atom. The van der Waals surface area contributed by atoms with Crippen molar-refractivity contribution < 1.29 is 22.8 Å². The number of alkyl halides is 3. The van der Waals surface area contributed by atoms with Crippen molar-refractivity contribution in [1.29, 1.82) is 0 Å². The molecule has 3 aromatic rings. The number of nitrogens with two attached hydrogens (primary N) is 1. The lowest BCUT2D eigenvalue weighted by Gasteiger charge is -2.06. The molecule has 1 aromatic carbocycles. The van der Waals surface area contributed by atoms with Crippen LogP contribution >= 0.6 is 34.4 Å². The van der Waals surface area contributed by atoms with Crippen molar-refractivity contribution >= 4 is 51.4 Å². The number of amides is 2. The number of hydrogen-bond acceptors (Lipinski definition) is 7. The first-order valence-corrected chi connectivity index (χ1v) is 11.0. The number of aromatic nitrogens is 2. The van der Waals surface area contributed by atoms with Crippen molar-refractivity contribution in [3.63, 3.8) is 0 Å².